The Labute approximate surface area is 204 Å². The average molecular weight is 516 g/mol. The number of piperazine rings is 1. The molecule has 2 fully saturated rings. The average Bonchev–Trinajstić information content (AvgIpc) is 2.77. The topological polar surface area (TPSA) is 26.8 Å². The lowest BCUT2D eigenvalue weighted by Gasteiger charge is -2.35. The van der Waals surface area contributed by atoms with Gasteiger partial charge in [0.2, 0.25) is 0 Å². The van der Waals surface area contributed by atoms with Crippen molar-refractivity contribution in [1.82, 2.24) is 4.90 Å². The van der Waals surface area contributed by atoms with E-state index in [-0.39, 0.29) is 5.91 Å². The van der Waals surface area contributed by atoms with Crippen molar-refractivity contribution in [3.63, 3.8) is 0 Å². The quantitative estimate of drug-likeness (QED) is 0.476. The fraction of sp³-hybridized carbons (Fsp3) is 0.348. The van der Waals surface area contributed by atoms with E-state index < -0.39 is 11.7 Å². The first kappa shape index (κ1) is 24.3. The number of nitrogens with zero attached hydrogens (tertiary/aromatic N) is 3. The van der Waals surface area contributed by atoms with Crippen LogP contribution in [0, 0.1) is 0 Å². The highest BCUT2D eigenvalue weighted by atomic mass is 35.5. The molecule has 1 amide bonds. The summed E-state index contributed by atoms with van der Waals surface area (Å²) in [5, 5.41) is 0.719. The molecule has 176 valence electrons. The van der Waals surface area contributed by atoms with Crippen LogP contribution in [0.1, 0.15) is 11.1 Å². The lowest BCUT2D eigenvalue weighted by molar-refractivity contribution is -0.137. The molecule has 0 aromatic heterocycles. The number of carbonyl (C=O) groups excluding carboxylic acids is 1. The number of benzene rings is 2. The molecule has 33 heavy (non-hydrogen) atoms. The predicted molar refractivity (Wildman–Crippen MR) is 130 cm³/mol. The molecule has 2 aromatic carbocycles. The second kappa shape index (κ2) is 9.78. The van der Waals surface area contributed by atoms with Gasteiger partial charge in [-0.3, -0.25) is 4.79 Å². The van der Waals surface area contributed by atoms with Gasteiger partial charge in [0.25, 0.3) is 5.91 Å². The maximum atomic E-state index is 13.5. The monoisotopic (exact) mass is 515 g/mol. The Morgan fingerprint density at radius 2 is 1.70 bits per heavy atom. The van der Waals surface area contributed by atoms with Crippen LogP contribution in [0.3, 0.4) is 0 Å². The van der Waals surface area contributed by atoms with Crippen LogP contribution in [-0.2, 0) is 11.0 Å². The van der Waals surface area contributed by atoms with Crippen molar-refractivity contribution in [2.45, 2.75) is 6.18 Å². The normalized spacial score (nSPS) is 19.5. The Morgan fingerprint density at radius 3 is 2.36 bits per heavy atom. The van der Waals surface area contributed by atoms with Gasteiger partial charge in [-0.05, 0) is 55.1 Å². The molecule has 0 spiro atoms. The van der Waals surface area contributed by atoms with E-state index in [9.17, 15) is 18.0 Å². The minimum atomic E-state index is -4.47. The summed E-state index contributed by atoms with van der Waals surface area (Å²) in [7, 11) is 2.02. The predicted octanol–water partition coefficient (Wildman–Crippen LogP) is 5.88. The van der Waals surface area contributed by atoms with Crippen LogP contribution in [-0.4, -0.2) is 56.3 Å². The van der Waals surface area contributed by atoms with Crippen LogP contribution in [0.5, 0.6) is 0 Å². The van der Waals surface area contributed by atoms with E-state index in [1.54, 1.807) is 29.2 Å². The van der Waals surface area contributed by atoms with Crippen molar-refractivity contribution in [3.05, 3.63) is 62.5 Å². The molecular formula is C23H22Cl2F3N3OS. The van der Waals surface area contributed by atoms with E-state index in [0.29, 0.717) is 57.3 Å². The molecule has 4 nitrogen and oxygen atoms in total. The molecule has 2 heterocycles. The Balaban J connectivity index is 1.71. The number of likely N-dealkylation sites (N-methyl/N-ethyl adjacent to an activating group) is 1. The van der Waals surface area contributed by atoms with Gasteiger partial charge in [-0.2, -0.15) is 13.2 Å². The standard InChI is InChI=1S/C23H22Cl2F3N3OS/c1-29-6-8-30(9-7-29)20-5-2-16(23(26,27)28)12-15(20)13-21-22(32)31(10-11-33-21)17-3-4-18(24)19(25)14-17/h2-5,12-14H,6-11H2,1H3. The fourth-order valence-electron chi connectivity index (χ4n) is 3.87. The van der Waals surface area contributed by atoms with Crippen LogP contribution in [0.15, 0.2) is 41.3 Å². The van der Waals surface area contributed by atoms with Crippen LogP contribution in [0.25, 0.3) is 6.08 Å². The molecule has 10 heteroatoms. The van der Waals surface area contributed by atoms with E-state index in [1.807, 2.05) is 7.05 Å². The summed E-state index contributed by atoms with van der Waals surface area (Å²) < 4.78 is 40.4. The minimum Gasteiger partial charge on any atom is -0.368 e. The second-order valence-corrected chi connectivity index (χ2v) is 9.93. The molecule has 2 aliphatic heterocycles. The number of rotatable bonds is 3. The summed E-state index contributed by atoms with van der Waals surface area (Å²) in [6.45, 7) is 3.50. The van der Waals surface area contributed by atoms with Gasteiger partial charge in [0.15, 0.2) is 0 Å². The number of anilines is 2. The van der Waals surface area contributed by atoms with Gasteiger partial charge in [0.1, 0.15) is 0 Å². The van der Waals surface area contributed by atoms with E-state index in [0.717, 1.165) is 25.2 Å². The smallest absolute Gasteiger partial charge is 0.368 e. The lowest BCUT2D eigenvalue weighted by atomic mass is 10.1. The van der Waals surface area contributed by atoms with Crippen LogP contribution in [0.4, 0.5) is 24.5 Å². The maximum Gasteiger partial charge on any atom is 0.416 e. The summed E-state index contributed by atoms with van der Waals surface area (Å²) in [6, 6.07) is 8.69. The van der Waals surface area contributed by atoms with Gasteiger partial charge in [0, 0.05) is 49.9 Å². The summed E-state index contributed by atoms with van der Waals surface area (Å²) in [4.78, 5) is 19.5. The third-order valence-electron chi connectivity index (χ3n) is 5.73. The van der Waals surface area contributed by atoms with Gasteiger partial charge in [-0.25, -0.2) is 0 Å². The molecule has 2 aromatic rings. The molecule has 2 aliphatic rings. The van der Waals surface area contributed by atoms with Gasteiger partial charge in [0.05, 0.1) is 20.5 Å². The first-order valence-corrected chi connectivity index (χ1v) is 12.1. The van der Waals surface area contributed by atoms with Gasteiger partial charge >= 0.3 is 6.18 Å². The number of halogens is 5. The van der Waals surface area contributed by atoms with E-state index >= 15 is 0 Å². The van der Waals surface area contributed by atoms with Crippen molar-refractivity contribution in [3.8, 4) is 0 Å². The van der Waals surface area contributed by atoms with Crippen LogP contribution in [0.2, 0.25) is 10.0 Å². The molecule has 4 rings (SSSR count). The second-order valence-electron chi connectivity index (χ2n) is 7.97. The summed E-state index contributed by atoms with van der Waals surface area (Å²) in [5.74, 6) is 0.340. The van der Waals surface area contributed by atoms with Gasteiger partial charge < -0.3 is 14.7 Å². The summed E-state index contributed by atoms with van der Waals surface area (Å²) in [6.07, 6.45) is -2.89. The molecule has 0 radical (unpaired) electrons. The number of carbonyl (C=O) groups is 1. The molecule has 0 saturated carbocycles. The first-order chi connectivity index (χ1) is 15.6. The largest absolute Gasteiger partial charge is 0.416 e. The fourth-order valence-corrected chi connectivity index (χ4v) is 5.10. The third-order valence-corrected chi connectivity index (χ3v) is 7.46. The Bertz CT molecular complexity index is 1090. The van der Waals surface area contributed by atoms with Gasteiger partial charge in [-0.15, -0.1) is 11.8 Å². The number of alkyl halides is 3. The molecule has 0 atom stereocenters. The van der Waals surface area contributed by atoms with Gasteiger partial charge in [-0.1, -0.05) is 23.2 Å². The molecular weight excluding hydrogens is 494 g/mol. The number of hydrogen-bond acceptors (Lipinski definition) is 4. The summed E-state index contributed by atoms with van der Waals surface area (Å²) >= 11 is 13.5. The highest BCUT2D eigenvalue weighted by molar-refractivity contribution is 8.04. The Hall–Kier alpha value is -1.87. The van der Waals surface area contributed by atoms with Crippen molar-refractivity contribution in [2.24, 2.45) is 0 Å². The lowest BCUT2D eigenvalue weighted by Crippen LogP contribution is -2.44. The Kier molecular flexibility index (Phi) is 7.19. The van der Waals surface area contributed by atoms with E-state index in [1.165, 1.54) is 17.8 Å². The Morgan fingerprint density at radius 1 is 0.970 bits per heavy atom. The van der Waals surface area contributed by atoms with Crippen LogP contribution < -0.4 is 9.80 Å². The minimum absolute atomic E-state index is 0.272. The van der Waals surface area contributed by atoms with Crippen molar-refractivity contribution in [1.29, 1.82) is 0 Å². The zero-order valence-corrected chi connectivity index (χ0v) is 20.2. The van der Waals surface area contributed by atoms with E-state index in [4.69, 9.17) is 23.2 Å². The SMILES string of the molecule is CN1CCN(c2ccc(C(F)(F)F)cc2C=C2SCCN(c3ccc(Cl)c(Cl)c3)C2=O)CC1. The number of thioether (sulfide) groups is 1. The van der Waals surface area contributed by atoms with Crippen molar-refractivity contribution >= 4 is 58.3 Å². The zero-order valence-electron chi connectivity index (χ0n) is 17.8. The van der Waals surface area contributed by atoms with Crippen molar-refractivity contribution in [2.75, 3.05) is 55.3 Å². The molecule has 0 bridgehead atoms. The summed E-state index contributed by atoms with van der Waals surface area (Å²) in [5.41, 5.74) is 0.954. The highest BCUT2D eigenvalue weighted by Crippen LogP contribution is 2.37. The van der Waals surface area contributed by atoms with Crippen LogP contribution >= 0.6 is 35.0 Å². The molecule has 0 aliphatic carbocycles. The molecule has 0 N–H and O–H groups in total. The van der Waals surface area contributed by atoms with E-state index in [2.05, 4.69) is 9.80 Å². The zero-order chi connectivity index (χ0) is 23.8. The molecule has 0 unspecified atom stereocenters. The number of amides is 1. The van der Waals surface area contributed by atoms with Crippen molar-refractivity contribution < 1.29 is 18.0 Å². The number of hydrogen-bond donors (Lipinski definition) is 0. The third kappa shape index (κ3) is 5.45. The highest BCUT2D eigenvalue weighted by Gasteiger charge is 2.32. The first-order valence-electron chi connectivity index (χ1n) is 10.4. The molecule has 2 saturated heterocycles. The maximum absolute atomic E-state index is 13.5.